The monoisotopic (exact) mass is 387 g/mol. The summed E-state index contributed by atoms with van der Waals surface area (Å²) in [5, 5.41) is 0. The van der Waals surface area contributed by atoms with E-state index in [4.69, 9.17) is 9.47 Å². The van der Waals surface area contributed by atoms with Crippen LogP contribution in [0.4, 0.5) is 0 Å². The van der Waals surface area contributed by atoms with Crippen molar-refractivity contribution in [3.8, 4) is 5.75 Å². The molecule has 3 aliphatic rings. The Morgan fingerprint density at radius 3 is 2.57 bits per heavy atom. The van der Waals surface area contributed by atoms with Crippen molar-refractivity contribution in [2.75, 3.05) is 59.5 Å². The van der Waals surface area contributed by atoms with Crippen molar-refractivity contribution in [3.05, 3.63) is 29.3 Å². The van der Waals surface area contributed by atoms with E-state index in [-0.39, 0.29) is 18.4 Å². The molecule has 0 aromatic heterocycles. The molecule has 1 aromatic carbocycles. The Labute approximate surface area is 166 Å². The zero-order valence-corrected chi connectivity index (χ0v) is 16.8. The molecule has 0 N–H and O–H groups in total. The SMILES string of the molecule is Cc1ccc2c(c1)C(=O)N(CC(=O)N1CCN(C)CC1)CC1(CCOCC1)O2. The van der Waals surface area contributed by atoms with Gasteiger partial charge in [-0.1, -0.05) is 11.6 Å². The van der Waals surface area contributed by atoms with E-state index in [2.05, 4.69) is 11.9 Å². The average molecular weight is 387 g/mol. The normalized spacial score (nSPS) is 22.6. The molecule has 1 spiro atoms. The predicted molar refractivity (Wildman–Crippen MR) is 105 cm³/mol. The van der Waals surface area contributed by atoms with E-state index in [1.165, 1.54) is 0 Å². The number of hydrogen-bond donors (Lipinski definition) is 0. The third-order valence-corrected chi connectivity index (χ3v) is 6.04. The smallest absolute Gasteiger partial charge is 0.258 e. The second kappa shape index (κ2) is 7.72. The van der Waals surface area contributed by atoms with Gasteiger partial charge < -0.3 is 24.2 Å². The molecule has 2 amide bonds. The molecule has 28 heavy (non-hydrogen) atoms. The molecule has 2 fully saturated rings. The van der Waals surface area contributed by atoms with Gasteiger partial charge >= 0.3 is 0 Å². The summed E-state index contributed by atoms with van der Waals surface area (Å²) in [5.41, 5.74) is 1.06. The summed E-state index contributed by atoms with van der Waals surface area (Å²) in [6.45, 7) is 6.85. The standard InChI is InChI=1S/C21H29N3O4/c1-16-3-4-18-17(13-16)20(26)24(15-21(28-18)5-11-27-12-6-21)14-19(25)23-9-7-22(2)8-10-23/h3-4,13H,5-12,14-15H2,1-2H3. The lowest BCUT2D eigenvalue weighted by Gasteiger charge is -2.39. The quantitative estimate of drug-likeness (QED) is 0.762. The Morgan fingerprint density at radius 2 is 1.86 bits per heavy atom. The highest BCUT2D eigenvalue weighted by molar-refractivity contribution is 5.99. The first-order chi connectivity index (χ1) is 13.5. The van der Waals surface area contributed by atoms with E-state index in [0.717, 1.165) is 18.7 Å². The average Bonchev–Trinajstić information content (AvgIpc) is 2.79. The molecule has 0 aliphatic carbocycles. The molecule has 0 atom stereocenters. The second-order valence-corrected chi connectivity index (χ2v) is 8.24. The van der Waals surface area contributed by atoms with Gasteiger partial charge in [0.15, 0.2) is 0 Å². The van der Waals surface area contributed by atoms with Crippen LogP contribution < -0.4 is 4.74 Å². The van der Waals surface area contributed by atoms with Gasteiger partial charge in [-0.2, -0.15) is 0 Å². The van der Waals surface area contributed by atoms with Gasteiger partial charge in [0.1, 0.15) is 17.9 Å². The van der Waals surface area contributed by atoms with Gasteiger partial charge in [-0.3, -0.25) is 9.59 Å². The van der Waals surface area contributed by atoms with Gasteiger partial charge in [0, 0.05) is 39.0 Å². The van der Waals surface area contributed by atoms with Gasteiger partial charge in [-0.15, -0.1) is 0 Å². The van der Waals surface area contributed by atoms with Crippen molar-refractivity contribution >= 4 is 11.8 Å². The number of hydrogen-bond acceptors (Lipinski definition) is 5. The predicted octanol–water partition coefficient (Wildman–Crippen LogP) is 1.15. The third-order valence-electron chi connectivity index (χ3n) is 6.04. The van der Waals surface area contributed by atoms with E-state index in [9.17, 15) is 9.59 Å². The summed E-state index contributed by atoms with van der Waals surface area (Å²) in [4.78, 5) is 32.0. The fourth-order valence-electron chi connectivity index (χ4n) is 4.21. The van der Waals surface area contributed by atoms with Crippen LogP contribution in [0.1, 0.15) is 28.8 Å². The van der Waals surface area contributed by atoms with Crippen LogP contribution in [-0.4, -0.2) is 91.6 Å². The maximum atomic E-state index is 13.3. The molecule has 0 bridgehead atoms. The van der Waals surface area contributed by atoms with Gasteiger partial charge in [-0.05, 0) is 26.1 Å². The van der Waals surface area contributed by atoms with Crippen molar-refractivity contribution in [2.24, 2.45) is 0 Å². The van der Waals surface area contributed by atoms with Crippen LogP contribution in [-0.2, 0) is 9.53 Å². The maximum absolute atomic E-state index is 13.3. The topological polar surface area (TPSA) is 62.3 Å². The molecule has 152 valence electrons. The highest BCUT2D eigenvalue weighted by Gasteiger charge is 2.42. The Kier molecular flexibility index (Phi) is 5.29. The Balaban J connectivity index is 1.59. The van der Waals surface area contributed by atoms with Crippen LogP contribution in [0.5, 0.6) is 5.75 Å². The number of carbonyl (C=O) groups is 2. The first-order valence-electron chi connectivity index (χ1n) is 10.1. The van der Waals surface area contributed by atoms with E-state index in [1.54, 1.807) is 4.90 Å². The largest absolute Gasteiger partial charge is 0.484 e. The minimum Gasteiger partial charge on any atom is -0.484 e. The van der Waals surface area contributed by atoms with Gasteiger partial charge in [0.05, 0.1) is 25.3 Å². The number of benzene rings is 1. The number of nitrogens with zero attached hydrogens (tertiary/aromatic N) is 3. The van der Waals surface area contributed by atoms with Gasteiger partial charge in [-0.25, -0.2) is 0 Å². The summed E-state index contributed by atoms with van der Waals surface area (Å²) >= 11 is 0. The molecular weight excluding hydrogens is 358 g/mol. The lowest BCUT2D eigenvalue weighted by molar-refractivity contribution is -0.134. The molecule has 0 unspecified atom stereocenters. The molecule has 7 heteroatoms. The second-order valence-electron chi connectivity index (χ2n) is 8.24. The number of piperazine rings is 1. The zero-order valence-electron chi connectivity index (χ0n) is 16.8. The molecule has 0 radical (unpaired) electrons. The van der Waals surface area contributed by atoms with Crippen molar-refractivity contribution in [1.29, 1.82) is 0 Å². The van der Waals surface area contributed by atoms with Crippen LogP contribution in [0.3, 0.4) is 0 Å². The van der Waals surface area contributed by atoms with E-state index in [1.807, 2.05) is 30.0 Å². The fourth-order valence-corrected chi connectivity index (χ4v) is 4.21. The number of amides is 2. The van der Waals surface area contributed by atoms with Gasteiger partial charge in [0.2, 0.25) is 5.91 Å². The van der Waals surface area contributed by atoms with Crippen LogP contribution in [0.2, 0.25) is 0 Å². The number of likely N-dealkylation sites (N-methyl/N-ethyl adjacent to an activating group) is 1. The minimum absolute atomic E-state index is 0.0137. The summed E-state index contributed by atoms with van der Waals surface area (Å²) in [6, 6.07) is 5.71. The first-order valence-corrected chi connectivity index (χ1v) is 10.1. The van der Waals surface area contributed by atoms with Crippen LogP contribution in [0, 0.1) is 6.92 Å². The lowest BCUT2D eigenvalue weighted by atomic mass is 9.93. The fraction of sp³-hybridized carbons (Fsp3) is 0.619. The molecule has 0 saturated carbocycles. The van der Waals surface area contributed by atoms with Crippen LogP contribution in [0.15, 0.2) is 18.2 Å². The first kappa shape index (κ1) is 19.2. The summed E-state index contributed by atoms with van der Waals surface area (Å²) < 4.78 is 11.9. The summed E-state index contributed by atoms with van der Waals surface area (Å²) in [6.07, 6.45) is 1.43. The molecule has 3 heterocycles. The number of fused-ring (bicyclic) bond motifs is 1. The zero-order chi connectivity index (χ0) is 19.7. The minimum atomic E-state index is -0.489. The molecule has 3 aliphatic heterocycles. The van der Waals surface area contributed by atoms with Crippen molar-refractivity contribution in [1.82, 2.24) is 14.7 Å². The van der Waals surface area contributed by atoms with E-state index < -0.39 is 5.60 Å². The molecule has 7 nitrogen and oxygen atoms in total. The van der Waals surface area contributed by atoms with Crippen LogP contribution in [0.25, 0.3) is 0 Å². The van der Waals surface area contributed by atoms with Crippen LogP contribution >= 0.6 is 0 Å². The van der Waals surface area contributed by atoms with Crippen molar-refractivity contribution < 1.29 is 19.1 Å². The summed E-state index contributed by atoms with van der Waals surface area (Å²) in [7, 11) is 2.06. The van der Waals surface area contributed by atoms with Crippen molar-refractivity contribution in [3.63, 3.8) is 0 Å². The molecule has 4 rings (SSSR count). The molecular formula is C21H29N3O4. The van der Waals surface area contributed by atoms with Crippen molar-refractivity contribution in [2.45, 2.75) is 25.4 Å². The Hall–Kier alpha value is -2.12. The molecule has 2 saturated heterocycles. The number of carbonyl (C=O) groups excluding carboxylic acids is 2. The maximum Gasteiger partial charge on any atom is 0.258 e. The molecule has 1 aromatic rings. The van der Waals surface area contributed by atoms with E-state index in [0.29, 0.717) is 57.0 Å². The Bertz CT molecular complexity index is 752. The van der Waals surface area contributed by atoms with E-state index >= 15 is 0 Å². The third kappa shape index (κ3) is 3.86. The highest BCUT2D eigenvalue weighted by Crippen LogP contribution is 2.35. The number of aryl methyl sites for hydroxylation is 1. The lowest BCUT2D eigenvalue weighted by Crippen LogP contribution is -2.54. The highest BCUT2D eigenvalue weighted by atomic mass is 16.5. The number of ether oxygens (including phenoxy) is 2. The summed E-state index contributed by atoms with van der Waals surface area (Å²) in [5.74, 6) is 0.511. The Morgan fingerprint density at radius 1 is 1.14 bits per heavy atom. The number of rotatable bonds is 2. The van der Waals surface area contributed by atoms with Gasteiger partial charge in [0.25, 0.3) is 5.91 Å².